The molecule has 1 aromatic carbocycles. The number of anilines is 1. The standard InChI is InChI=1S/C8H6Br3NO/c9-3-7(13)4-1-5(10)8(12)6(11)2-4/h1-2H,3,12H2. The van der Waals surface area contributed by atoms with Gasteiger partial charge >= 0.3 is 0 Å². The van der Waals surface area contributed by atoms with E-state index < -0.39 is 0 Å². The van der Waals surface area contributed by atoms with Crippen molar-refractivity contribution in [3.8, 4) is 0 Å². The van der Waals surface area contributed by atoms with E-state index in [4.69, 9.17) is 5.73 Å². The van der Waals surface area contributed by atoms with Crippen molar-refractivity contribution in [2.24, 2.45) is 0 Å². The van der Waals surface area contributed by atoms with Crippen LogP contribution in [-0.2, 0) is 0 Å². The minimum absolute atomic E-state index is 0.0291. The Hall–Kier alpha value is 0.130. The highest BCUT2D eigenvalue weighted by Crippen LogP contribution is 2.29. The Labute approximate surface area is 101 Å². The summed E-state index contributed by atoms with van der Waals surface area (Å²) < 4.78 is 1.46. The number of rotatable bonds is 2. The van der Waals surface area contributed by atoms with Gasteiger partial charge in [0.05, 0.1) is 11.0 Å². The summed E-state index contributed by atoms with van der Waals surface area (Å²) in [4.78, 5) is 11.3. The lowest BCUT2D eigenvalue weighted by Crippen LogP contribution is -2.01. The predicted molar refractivity (Wildman–Crippen MR) is 64.4 cm³/mol. The lowest BCUT2D eigenvalue weighted by Gasteiger charge is -2.04. The Morgan fingerprint density at radius 3 is 2.15 bits per heavy atom. The zero-order chi connectivity index (χ0) is 10.0. The van der Waals surface area contributed by atoms with Gasteiger partial charge in [0.2, 0.25) is 0 Å². The van der Waals surface area contributed by atoms with Crippen LogP contribution in [0.25, 0.3) is 0 Å². The van der Waals surface area contributed by atoms with E-state index in [1.165, 1.54) is 0 Å². The van der Waals surface area contributed by atoms with Crippen LogP contribution in [0.4, 0.5) is 5.69 Å². The van der Waals surface area contributed by atoms with E-state index >= 15 is 0 Å². The number of Topliss-reactive ketones (excluding diaryl/α,β-unsaturated/α-hetero) is 1. The van der Waals surface area contributed by atoms with Crippen LogP contribution in [0.15, 0.2) is 21.1 Å². The van der Waals surface area contributed by atoms with Crippen molar-refractivity contribution in [1.82, 2.24) is 0 Å². The number of ketones is 1. The van der Waals surface area contributed by atoms with Gasteiger partial charge in [-0.15, -0.1) is 0 Å². The molecule has 0 aliphatic heterocycles. The molecule has 0 unspecified atom stereocenters. The van der Waals surface area contributed by atoms with Crippen molar-refractivity contribution >= 4 is 59.3 Å². The maximum absolute atomic E-state index is 11.3. The van der Waals surface area contributed by atoms with Crippen molar-refractivity contribution in [2.45, 2.75) is 0 Å². The molecule has 0 amide bonds. The Bertz CT molecular complexity index is 328. The van der Waals surface area contributed by atoms with Gasteiger partial charge in [-0.3, -0.25) is 4.79 Å². The molecule has 13 heavy (non-hydrogen) atoms. The highest BCUT2D eigenvalue weighted by molar-refractivity contribution is 9.11. The van der Waals surface area contributed by atoms with Gasteiger partial charge in [0.25, 0.3) is 0 Å². The largest absolute Gasteiger partial charge is 0.397 e. The van der Waals surface area contributed by atoms with Crippen molar-refractivity contribution in [1.29, 1.82) is 0 Å². The summed E-state index contributed by atoms with van der Waals surface area (Å²) in [5.41, 5.74) is 6.91. The van der Waals surface area contributed by atoms with Crippen LogP contribution in [0.3, 0.4) is 0 Å². The third-order valence-electron chi connectivity index (χ3n) is 1.52. The second kappa shape index (κ2) is 4.57. The maximum atomic E-state index is 11.3. The first-order valence-electron chi connectivity index (χ1n) is 3.40. The van der Waals surface area contributed by atoms with Gasteiger partial charge in [0.1, 0.15) is 0 Å². The molecule has 0 aromatic heterocycles. The van der Waals surface area contributed by atoms with Gasteiger partial charge in [-0.2, -0.15) is 0 Å². The minimum Gasteiger partial charge on any atom is -0.397 e. The van der Waals surface area contributed by atoms with Crippen molar-refractivity contribution in [3.05, 3.63) is 26.6 Å². The monoisotopic (exact) mass is 369 g/mol. The zero-order valence-electron chi connectivity index (χ0n) is 6.48. The van der Waals surface area contributed by atoms with Crippen molar-refractivity contribution in [2.75, 3.05) is 11.1 Å². The maximum Gasteiger partial charge on any atom is 0.173 e. The Morgan fingerprint density at radius 2 is 1.77 bits per heavy atom. The number of alkyl halides is 1. The van der Waals surface area contributed by atoms with Crippen LogP contribution in [0.1, 0.15) is 10.4 Å². The van der Waals surface area contributed by atoms with Crippen molar-refractivity contribution < 1.29 is 4.79 Å². The second-order valence-electron chi connectivity index (χ2n) is 2.41. The molecule has 1 aromatic rings. The normalized spacial score (nSPS) is 10.1. The van der Waals surface area contributed by atoms with Crippen molar-refractivity contribution in [3.63, 3.8) is 0 Å². The molecule has 2 nitrogen and oxygen atoms in total. The number of hydrogen-bond acceptors (Lipinski definition) is 2. The molecule has 0 atom stereocenters. The molecule has 0 aliphatic rings. The summed E-state index contributed by atoms with van der Waals surface area (Å²) in [6.45, 7) is 0. The zero-order valence-corrected chi connectivity index (χ0v) is 11.2. The van der Waals surface area contributed by atoms with Crippen LogP contribution in [-0.4, -0.2) is 11.1 Å². The van der Waals surface area contributed by atoms with Gasteiger partial charge < -0.3 is 5.73 Å². The molecule has 0 aliphatic carbocycles. The fourth-order valence-corrected chi connectivity index (χ4v) is 2.33. The first kappa shape index (κ1) is 11.2. The van der Waals surface area contributed by atoms with Crippen LogP contribution in [0.2, 0.25) is 0 Å². The Morgan fingerprint density at radius 1 is 1.31 bits per heavy atom. The molecule has 0 heterocycles. The Balaban J connectivity index is 3.20. The van der Waals surface area contributed by atoms with E-state index in [-0.39, 0.29) is 5.78 Å². The number of hydrogen-bond donors (Lipinski definition) is 1. The SMILES string of the molecule is Nc1c(Br)cc(C(=O)CBr)cc1Br. The molecule has 0 spiro atoms. The quantitative estimate of drug-likeness (QED) is 0.492. The van der Waals surface area contributed by atoms with Crippen LogP contribution in [0, 0.1) is 0 Å². The highest BCUT2D eigenvalue weighted by Gasteiger charge is 2.09. The number of carbonyl (C=O) groups excluding carboxylic acids is 1. The third-order valence-corrected chi connectivity index (χ3v) is 3.34. The van der Waals surface area contributed by atoms with E-state index in [9.17, 15) is 4.79 Å². The van der Waals surface area contributed by atoms with Gasteiger partial charge in [-0.05, 0) is 44.0 Å². The number of benzene rings is 1. The molecule has 1 rings (SSSR count). The first-order chi connectivity index (χ1) is 6.06. The summed E-state index contributed by atoms with van der Waals surface area (Å²) in [5.74, 6) is 0.0291. The fourth-order valence-electron chi connectivity index (χ4n) is 0.822. The molecule has 70 valence electrons. The lowest BCUT2D eigenvalue weighted by molar-refractivity contribution is 0.102. The van der Waals surface area contributed by atoms with Crippen LogP contribution < -0.4 is 5.73 Å². The van der Waals surface area contributed by atoms with Gasteiger partial charge in [-0.25, -0.2) is 0 Å². The lowest BCUT2D eigenvalue weighted by atomic mass is 10.1. The van der Waals surface area contributed by atoms with E-state index in [1.807, 2.05) is 0 Å². The van der Waals surface area contributed by atoms with Crippen LogP contribution in [0.5, 0.6) is 0 Å². The van der Waals surface area contributed by atoms with Crippen LogP contribution >= 0.6 is 47.8 Å². The van der Waals surface area contributed by atoms with Gasteiger partial charge in [-0.1, -0.05) is 15.9 Å². The first-order valence-corrected chi connectivity index (χ1v) is 6.10. The second-order valence-corrected chi connectivity index (χ2v) is 4.68. The number of nitrogens with two attached hydrogens (primary N) is 1. The molecule has 0 saturated carbocycles. The van der Waals surface area contributed by atoms with E-state index in [0.29, 0.717) is 16.6 Å². The topological polar surface area (TPSA) is 43.1 Å². The number of carbonyl (C=O) groups is 1. The molecule has 0 saturated heterocycles. The molecule has 0 radical (unpaired) electrons. The smallest absolute Gasteiger partial charge is 0.173 e. The highest BCUT2D eigenvalue weighted by atomic mass is 79.9. The van der Waals surface area contributed by atoms with E-state index in [2.05, 4.69) is 47.8 Å². The number of nitrogen functional groups attached to an aromatic ring is 1. The molecule has 0 bridgehead atoms. The third kappa shape index (κ3) is 2.54. The summed E-state index contributed by atoms with van der Waals surface area (Å²) in [6.07, 6.45) is 0. The molecule has 0 fully saturated rings. The average molecular weight is 372 g/mol. The summed E-state index contributed by atoms with van der Waals surface area (Å²) in [7, 11) is 0. The Kier molecular flexibility index (Phi) is 3.94. The molecule has 5 heteroatoms. The fraction of sp³-hybridized carbons (Fsp3) is 0.125. The molecule has 2 N–H and O–H groups in total. The van der Waals surface area contributed by atoms with E-state index in [0.717, 1.165) is 8.95 Å². The summed E-state index contributed by atoms with van der Waals surface area (Å²) in [5, 5.41) is 0.315. The average Bonchev–Trinajstić information content (AvgIpc) is 2.12. The summed E-state index contributed by atoms with van der Waals surface area (Å²) in [6, 6.07) is 3.42. The van der Waals surface area contributed by atoms with Gasteiger partial charge in [0.15, 0.2) is 5.78 Å². The molecular formula is C8H6Br3NO. The predicted octanol–water partition coefficient (Wildman–Crippen LogP) is 3.37. The summed E-state index contributed by atoms with van der Waals surface area (Å²) >= 11 is 9.65. The van der Waals surface area contributed by atoms with E-state index in [1.54, 1.807) is 12.1 Å². The number of halogens is 3. The minimum atomic E-state index is 0.0291. The molecular weight excluding hydrogens is 366 g/mol. The van der Waals surface area contributed by atoms with Gasteiger partial charge in [0, 0.05) is 14.5 Å².